The smallest absolute Gasteiger partial charge is 0.218 e. The molecule has 1 aliphatic rings. The molecule has 0 aliphatic carbocycles. The van der Waals surface area contributed by atoms with E-state index in [-0.39, 0.29) is 5.56 Å². The normalized spacial score (nSPS) is 16.7. The van der Waals surface area contributed by atoms with Crippen LogP contribution in [0.15, 0.2) is 24.3 Å². The van der Waals surface area contributed by atoms with Crippen molar-refractivity contribution in [3.05, 3.63) is 52.6 Å². The Morgan fingerprint density at radius 3 is 2.41 bits per heavy atom. The first-order valence-corrected chi connectivity index (χ1v) is 13.9. The van der Waals surface area contributed by atoms with Gasteiger partial charge in [0.05, 0.1) is 11.4 Å². The third-order valence-corrected chi connectivity index (χ3v) is 7.58. The third kappa shape index (κ3) is 6.81. The molecule has 1 N–H and O–H groups in total. The van der Waals surface area contributed by atoms with Crippen LogP contribution in [-0.4, -0.2) is 71.1 Å². The summed E-state index contributed by atoms with van der Waals surface area (Å²) in [6, 6.07) is 7.02. The van der Waals surface area contributed by atoms with Crippen molar-refractivity contribution in [3.63, 3.8) is 0 Å². The minimum Gasteiger partial charge on any atom is -0.476 e. The Bertz CT molecular complexity index is 1270. The number of halogens is 2. The molecule has 2 atom stereocenters. The number of aryl methyl sites for hydroxylation is 1. The van der Waals surface area contributed by atoms with Gasteiger partial charge in [0.25, 0.3) is 0 Å². The lowest BCUT2D eigenvalue weighted by Crippen LogP contribution is -2.38. The van der Waals surface area contributed by atoms with Crippen molar-refractivity contribution in [1.29, 1.82) is 0 Å². The van der Waals surface area contributed by atoms with E-state index in [1.165, 1.54) is 13.0 Å². The van der Waals surface area contributed by atoms with Crippen molar-refractivity contribution in [1.82, 2.24) is 24.8 Å². The minimum atomic E-state index is -1.39. The van der Waals surface area contributed by atoms with Crippen molar-refractivity contribution in [2.24, 2.45) is 0 Å². The molecule has 3 aromatic rings. The highest BCUT2D eigenvalue weighted by Gasteiger charge is 2.27. The number of pyridine rings is 1. The number of nitrogens with one attached hydrogen (secondary N) is 1. The second-order valence-electron chi connectivity index (χ2n) is 11.2. The maximum atomic E-state index is 15.1. The fourth-order valence-electron chi connectivity index (χ4n) is 5.23. The first-order valence-electron chi connectivity index (χ1n) is 13.9. The average molecular weight is 541 g/mol. The monoisotopic (exact) mass is 540 g/mol. The van der Waals surface area contributed by atoms with Gasteiger partial charge in [-0.3, -0.25) is 0 Å². The Morgan fingerprint density at radius 2 is 1.77 bits per heavy atom. The number of hydrogen-bond acceptors (Lipinski definition) is 7. The van der Waals surface area contributed by atoms with Crippen molar-refractivity contribution in [2.45, 2.75) is 71.6 Å². The summed E-state index contributed by atoms with van der Waals surface area (Å²) in [5, 5.41) is 4.14. The highest BCUT2D eigenvalue weighted by Crippen LogP contribution is 2.37. The summed E-state index contributed by atoms with van der Waals surface area (Å²) in [7, 11) is 4.03. The lowest BCUT2D eigenvalue weighted by molar-refractivity contribution is 0.169. The number of nitrogens with zero attached hydrogens (tertiary/aromatic N) is 5. The molecule has 9 heteroatoms. The largest absolute Gasteiger partial charge is 0.476 e. The molecule has 0 saturated carbocycles. The van der Waals surface area contributed by atoms with E-state index in [4.69, 9.17) is 9.72 Å². The number of likely N-dealkylation sites (tertiary alicyclic amines) is 1. The van der Waals surface area contributed by atoms with Crippen LogP contribution in [0, 0.1) is 12.7 Å². The van der Waals surface area contributed by atoms with E-state index in [0.717, 1.165) is 43.4 Å². The highest BCUT2D eigenvalue weighted by molar-refractivity contribution is 5.88. The first-order chi connectivity index (χ1) is 18.5. The summed E-state index contributed by atoms with van der Waals surface area (Å²) >= 11 is 0. The molecule has 1 aromatic carbocycles. The van der Waals surface area contributed by atoms with Gasteiger partial charge in [-0.2, -0.15) is 4.98 Å². The second kappa shape index (κ2) is 12.5. The van der Waals surface area contributed by atoms with Gasteiger partial charge in [-0.25, -0.2) is 18.7 Å². The summed E-state index contributed by atoms with van der Waals surface area (Å²) in [6.45, 7) is 12.8. The Balaban J connectivity index is 1.72. The third-order valence-electron chi connectivity index (χ3n) is 7.58. The van der Waals surface area contributed by atoms with Gasteiger partial charge < -0.3 is 19.9 Å². The lowest BCUT2D eigenvalue weighted by Gasteiger charge is -2.35. The van der Waals surface area contributed by atoms with E-state index < -0.39 is 18.0 Å². The molecule has 212 valence electrons. The fourth-order valence-corrected chi connectivity index (χ4v) is 5.23. The zero-order valence-electron chi connectivity index (χ0n) is 24.3. The van der Waals surface area contributed by atoms with Crippen LogP contribution in [0.25, 0.3) is 11.0 Å². The van der Waals surface area contributed by atoms with Crippen LogP contribution < -0.4 is 10.1 Å². The molecule has 2 aromatic heterocycles. The van der Waals surface area contributed by atoms with Gasteiger partial charge in [-0.05, 0) is 86.6 Å². The molecule has 1 saturated heterocycles. The highest BCUT2D eigenvalue weighted by atomic mass is 19.1. The standard InChI is InChI=1S/C30H42F2N6O/c1-18(2)38-13-11-22(12-14-38)25-17-26-28(33-20(4)24-10-8-9-23(19(3)31)27(24)32)34-21(5)35-29(26)36-30(25)39-16-15-37(6)7/h8-10,17-20,22H,11-16H2,1-7H3,(H,33,34,35,36)/t19?,20-/m1/s1. The molecule has 0 bridgehead atoms. The quantitative estimate of drug-likeness (QED) is 0.328. The number of hydrogen-bond donors (Lipinski definition) is 1. The molecular formula is C30H42F2N6O. The zero-order valence-corrected chi connectivity index (χ0v) is 24.3. The van der Waals surface area contributed by atoms with Crippen molar-refractivity contribution < 1.29 is 13.5 Å². The number of anilines is 1. The van der Waals surface area contributed by atoms with Crippen LogP contribution in [0.3, 0.4) is 0 Å². The first kappa shape index (κ1) is 29.1. The number of ether oxygens (including phenoxy) is 1. The molecule has 4 rings (SSSR count). The summed E-state index contributed by atoms with van der Waals surface area (Å²) in [5.74, 6) is 1.53. The van der Waals surface area contributed by atoms with Gasteiger partial charge in [-0.15, -0.1) is 0 Å². The number of aromatic nitrogens is 3. The Labute approximate surface area is 231 Å². The number of likely N-dealkylation sites (N-methyl/N-ethyl adjacent to an activating group) is 1. The van der Waals surface area contributed by atoms with Gasteiger partial charge in [-0.1, -0.05) is 18.2 Å². The minimum absolute atomic E-state index is 0.0566. The number of rotatable bonds is 10. The molecule has 1 aliphatic heterocycles. The second-order valence-corrected chi connectivity index (χ2v) is 11.2. The lowest BCUT2D eigenvalue weighted by atomic mass is 9.89. The van der Waals surface area contributed by atoms with Crippen LogP contribution in [0.4, 0.5) is 14.6 Å². The Kier molecular flexibility index (Phi) is 9.33. The zero-order chi connectivity index (χ0) is 28.3. The Morgan fingerprint density at radius 1 is 1.08 bits per heavy atom. The van der Waals surface area contributed by atoms with Crippen LogP contribution in [0.1, 0.15) is 81.2 Å². The maximum absolute atomic E-state index is 15.1. The number of piperidine rings is 1. The maximum Gasteiger partial charge on any atom is 0.218 e. The molecule has 7 nitrogen and oxygen atoms in total. The molecule has 1 unspecified atom stereocenters. The molecule has 0 spiro atoms. The van der Waals surface area contributed by atoms with E-state index in [1.54, 1.807) is 12.1 Å². The fraction of sp³-hybridized carbons (Fsp3) is 0.567. The number of benzene rings is 1. The van der Waals surface area contributed by atoms with Crippen LogP contribution in [0.2, 0.25) is 0 Å². The van der Waals surface area contributed by atoms with Gasteiger partial charge >= 0.3 is 0 Å². The molecule has 3 heterocycles. The van der Waals surface area contributed by atoms with Crippen LogP contribution in [0.5, 0.6) is 5.88 Å². The number of fused-ring (bicyclic) bond motifs is 1. The van der Waals surface area contributed by atoms with Gasteiger partial charge in [0.2, 0.25) is 5.88 Å². The van der Waals surface area contributed by atoms with Gasteiger partial charge in [0.15, 0.2) is 5.65 Å². The summed E-state index contributed by atoms with van der Waals surface area (Å²) in [6.07, 6.45) is 0.639. The summed E-state index contributed by atoms with van der Waals surface area (Å²) in [5.41, 5.74) is 2.04. The van der Waals surface area contributed by atoms with E-state index in [2.05, 4.69) is 45.0 Å². The van der Waals surface area contributed by atoms with Crippen LogP contribution >= 0.6 is 0 Å². The van der Waals surface area contributed by atoms with E-state index in [9.17, 15) is 4.39 Å². The predicted octanol–water partition coefficient (Wildman–Crippen LogP) is 6.20. The van der Waals surface area contributed by atoms with Gasteiger partial charge in [0.1, 0.15) is 30.2 Å². The summed E-state index contributed by atoms with van der Waals surface area (Å²) in [4.78, 5) is 18.8. The van der Waals surface area contributed by atoms with Crippen LogP contribution in [-0.2, 0) is 0 Å². The van der Waals surface area contributed by atoms with Crippen molar-refractivity contribution in [2.75, 3.05) is 45.7 Å². The molecule has 0 amide bonds. The van der Waals surface area contributed by atoms with E-state index in [0.29, 0.717) is 47.3 Å². The van der Waals surface area contributed by atoms with E-state index in [1.807, 2.05) is 27.9 Å². The molecule has 39 heavy (non-hydrogen) atoms. The average Bonchev–Trinajstić information content (AvgIpc) is 2.88. The topological polar surface area (TPSA) is 66.4 Å². The van der Waals surface area contributed by atoms with Gasteiger partial charge in [0, 0.05) is 29.3 Å². The predicted molar refractivity (Wildman–Crippen MR) is 153 cm³/mol. The van der Waals surface area contributed by atoms with E-state index >= 15 is 4.39 Å². The SMILES string of the molecule is Cc1nc(N[C@H](C)c2cccc(C(C)F)c2F)c2cc(C3CCN(C(C)C)CC3)c(OCCN(C)C)nc2n1. The molecule has 0 radical (unpaired) electrons. The van der Waals surface area contributed by atoms with Crippen molar-refractivity contribution >= 4 is 16.9 Å². The Hall–Kier alpha value is -2.91. The van der Waals surface area contributed by atoms with Crippen molar-refractivity contribution in [3.8, 4) is 5.88 Å². The molecular weight excluding hydrogens is 498 g/mol. The summed E-state index contributed by atoms with van der Waals surface area (Å²) < 4.78 is 35.4. The molecule has 1 fully saturated rings. The number of alkyl halides is 1.